The number of carbonyl (C=O) groups excluding carboxylic acids is 2. The van der Waals surface area contributed by atoms with Gasteiger partial charge in [0, 0.05) is 16.7 Å². The fourth-order valence-electron chi connectivity index (χ4n) is 3.68. The summed E-state index contributed by atoms with van der Waals surface area (Å²) in [5.41, 5.74) is 3.69. The summed E-state index contributed by atoms with van der Waals surface area (Å²) in [6.07, 6.45) is 1.75. The third-order valence-corrected chi connectivity index (χ3v) is 5.08. The molecule has 4 rings (SSSR count). The summed E-state index contributed by atoms with van der Waals surface area (Å²) in [5.74, 6) is 0.372. The molecule has 3 aromatic rings. The Kier molecular flexibility index (Phi) is 5.11. The zero-order valence-corrected chi connectivity index (χ0v) is 17.0. The maximum atomic E-state index is 13.5. The zero-order valence-electron chi connectivity index (χ0n) is 17.0. The second-order valence-corrected chi connectivity index (χ2v) is 6.97. The monoisotopic (exact) mass is 399 g/mol. The molecule has 1 aliphatic heterocycles. The fourth-order valence-corrected chi connectivity index (χ4v) is 3.68. The molecular formula is C25H21NO4. The molecular weight excluding hydrogens is 378 g/mol. The topological polar surface area (TPSA) is 55.8 Å². The second-order valence-electron chi connectivity index (χ2n) is 6.97. The number of carbonyl (C=O) groups is 2. The van der Waals surface area contributed by atoms with Gasteiger partial charge in [0.1, 0.15) is 0 Å². The number of hydrogen-bond donors (Lipinski definition) is 0. The highest BCUT2D eigenvalue weighted by Gasteiger charge is 2.36. The Hall–Kier alpha value is -3.86. The van der Waals surface area contributed by atoms with Gasteiger partial charge in [0.05, 0.1) is 19.9 Å². The van der Waals surface area contributed by atoms with E-state index in [1.807, 2.05) is 43.3 Å². The number of methoxy groups -OCH3 is 2. The van der Waals surface area contributed by atoms with Crippen LogP contribution in [0.5, 0.6) is 11.5 Å². The molecule has 5 nitrogen and oxygen atoms in total. The van der Waals surface area contributed by atoms with Crippen LogP contribution in [0.3, 0.4) is 0 Å². The van der Waals surface area contributed by atoms with Crippen LogP contribution in [0.4, 0.5) is 5.69 Å². The van der Waals surface area contributed by atoms with E-state index in [1.165, 1.54) is 4.90 Å². The van der Waals surface area contributed by atoms with Crippen molar-refractivity contribution in [3.8, 4) is 11.5 Å². The minimum Gasteiger partial charge on any atom is -0.493 e. The summed E-state index contributed by atoms with van der Waals surface area (Å²) in [6, 6.07) is 20.0. The minimum absolute atomic E-state index is 0.337. The second kappa shape index (κ2) is 7.87. The molecule has 0 radical (unpaired) electrons. The lowest BCUT2D eigenvalue weighted by Crippen LogP contribution is -2.41. The van der Waals surface area contributed by atoms with E-state index in [0.717, 1.165) is 5.56 Å². The van der Waals surface area contributed by atoms with Crippen LogP contribution in [0.15, 0.2) is 66.7 Å². The third-order valence-electron chi connectivity index (χ3n) is 5.08. The lowest BCUT2D eigenvalue weighted by atomic mass is 9.91. The number of ether oxygens (including phenoxy) is 2. The van der Waals surface area contributed by atoms with Gasteiger partial charge in [0.25, 0.3) is 11.8 Å². The molecule has 0 bridgehead atoms. The third kappa shape index (κ3) is 3.24. The van der Waals surface area contributed by atoms with Crippen molar-refractivity contribution in [3.05, 3.63) is 89.0 Å². The van der Waals surface area contributed by atoms with Gasteiger partial charge >= 0.3 is 0 Å². The van der Waals surface area contributed by atoms with E-state index in [9.17, 15) is 9.59 Å². The SMILES string of the molecule is COc1cccc(/C=C2/C(=O)N(c3cccc(C)c3)C(=O)c3ccccc32)c1OC. The summed E-state index contributed by atoms with van der Waals surface area (Å²) in [7, 11) is 3.12. The number of imide groups is 1. The largest absolute Gasteiger partial charge is 0.493 e. The van der Waals surface area contributed by atoms with E-state index < -0.39 is 0 Å². The quantitative estimate of drug-likeness (QED) is 0.470. The average molecular weight is 399 g/mol. The molecule has 0 aliphatic carbocycles. The highest BCUT2D eigenvalue weighted by atomic mass is 16.5. The standard InChI is InChI=1S/C25H21NO4/c1-16-8-6-10-18(14-16)26-24(27)20-12-5-4-11-19(20)21(25(26)28)15-17-9-7-13-22(29-2)23(17)30-3/h4-15H,1-3H3/b21-15+. The molecule has 0 unspecified atom stereocenters. The molecule has 1 aliphatic rings. The molecule has 30 heavy (non-hydrogen) atoms. The van der Waals surface area contributed by atoms with Crippen LogP contribution in [0.2, 0.25) is 0 Å². The molecule has 0 N–H and O–H groups in total. The van der Waals surface area contributed by atoms with Crippen molar-refractivity contribution in [1.82, 2.24) is 0 Å². The van der Waals surface area contributed by atoms with E-state index in [4.69, 9.17) is 9.47 Å². The molecule has 0 fully saturated rings. The van der Waals surface area contributed by atoms with Crippen LogP contribution in [0.1, 0.15) is 27.0 Å². The maximum Gasteiger partial charge on any atom is 0.265 e. The van der Waals surface area contributed by atoms with Crippen molar-refractivity contribution in [2.24, 2.45) is 0 Å². The van der Waals surface area contributed by atoms with Crippen molar-refractivity contribution < 1.29 is 19.1 Å². The Morgan fingerprint density at radius 2 is 1.53 bits per heavy atom. The smallest absolute Gasteiger partial charge is 0.265 e. The first-order valence-electron chi connectivity index (χ1n) is 9.52. The Balaban J connectivity index is 1.93. The number of fused-ring (bicyclic) bond motifs is 1. The van der Waals surface area contributed by atoms with E-state index in [1.54, 1.807) is 50.6 Å². The predicted octanol–water partition coefficient (Wildman–Crippen LogP) is 4.74. The van der Waals surface area contributed by atoms with E-state index in [0.29, 0.717) is 39.4 Å². The van der Waals surface area contributed by atoms with Crippen LogP contribution in [0, 0.1) is 6.92 Å². The van der Waals surface area contributed by atoms with Crippen molar-refractivity contribution in [2.75, 3.05) is 19.1 Å². The summed E-state index contributed by atoms with van der Waals surface area (Å²) >= 11 is 0. The first-order chi connectivity index (χ1) is 14.5. The Morgan fingerprint density at radius 1 is 0.800 bits per heavy atom. The predicted molar refractivity (Wildman–Crippen MR) is 117 cm³/mol. The first-order valence-corrected chi connectivity index (χ1v) is 9.52. The van der Waals surface area contributed by atoms with Crippen molar-refractivity contribution in [2.45, 2.75) is 6.92 Å². The Bertz CT molecular complexity index is 1180. The molecule has 3 aromatic carbocycles. The van der Waals surface area contributed by atoms with E-state index in [-0.39, 0.29) is 11.8 Å². The number of aryl methyl sites for hydroxylation is 1. The summed E-state index contributed by atoms with van der Waals surface area (Å²) in [5, 5.41) is 0. The van der Waals surface area contributed by atoms with Crippen LogP contribution >= 0.6 is 0 Å². The van der Waals surface area contributed by atoms with Crippen LogP contribution < -0.4 is 14.4 Å². The van der Waals surface area contributed by atoms with Gasteiger partial charge in [-0.15, -0.1) is 0 Å². The number of para-hydroxylation sites is 1. The Labute approximate surface area is 175 Å². The molecule has 0 spiro atoms. The van der Waals surface area contributed by atoms with Crippen molar-refractivity contribution in [1.29, 1.82) is 0 Å². The van der Waals surface area contributed by atoms with Gasteiger partial charge in [-0.25, -0.2) is 4.90 Å². The zero-order chi connectivity index (χ0) is 21.3. The number of benzene rings is 3. The maximum absolute atomic E-state index is 13.5. The van der Waals surface area contributed by atoms with Gasteiger partial charge in [0.2, 0.25) is 0 Å². The number of hydrogen-bond acceptors (Lipinski definition) is 4. The van der Waals surface area contributed by atoms with E-state index >= 15 is 0 Å². The van der Waals surface area contributed by atoms with Crippen LogP contribution in [0.25, 0.3) is 11.6 Å². The number of nitrogens with zero attached hydrogens (tertiary/aromatic N) is 1. The minimum atomic E-state index is -0.380. The number of amides is 2. The highest BCUT2D eigenvalue weighted by Crippen LogP contribution is 2.37. The average Bonchev–Trinajstić information content (AvgIpc) is 2.76. The van der Waals surface area contributed by atoms with E-state index in [2.05, 4.69) is 0 Å². The molecule has 0 saturated heterocycles. The van der Waals surface area contributed by atoms with Crippen molar-refractivity contribution in [3.63, 3.8) is 0 Å². The van der Waals surface area contributed by atoms with Gasteiger partial charge in [-0.3, -0.25) is 9.59 Å². The van der Waals surface area contributed by atoms with Crippen molar-refractivity contribution >= 4 is 29.2 Å². The van der Waals surface area contributed by atoms with Crippen LogP contribution in [-0.4, -0.2) is 26.0 Å². The van der Waals surface area contributed by atoms with Gasteiger partial charge in [-0.1, -0.05) is 42.5 Å². The summed E-state index contributed by atoms with van der Waals surface area (Å²) in [6.45, 7) is 1.92. The molecule has 150 valence electrons. The summed E-state index contributed by atoms with van der Waals surface area (Å²) in [4.78, 5) is 28.0. The number of rotatable bonds is 4. The molecule has 0 atom stereocenters. The lowest BCUT2D eigenvalue weighted by Gasteiger charge is -2.29. The first kappa shape index (κ1) is 19.5. The fraction of sp³-hybridized carbons (Fsp3) is 0.120. The van der Waals surface area contributed by atoms with Gasteiger partial charge in [-0.2, -0.15) is 0 Å². The molecule has 1 heterocycles. The van der Waals surface area contributed by atoms with Crippen LogP contribution in [-0.2, 0) is 4.79 Å². The lowest BCUT2D eigenvalue weighted by molar-refractivity contribution is -0.112. The van der Waals surface area contributed by atoms with Gasteiger partial charge in [-0.05, 0) is 48.4 Å². The molecule has 2 amide bonds. The van der Waals surface area contributed by atoms with Gasteiger partial charge < -0.3 is 9.47 Å². The highest BCUT2D eigenvalue weighted by molar-refractivity contribution is 6.43. The Morgan fingerprint density at radius 3 is 2.23 bits per heavy atom. The molecule has 5 heteroatoms. The molecule has 0 saturated carbocycles. The van der Waals surface area contributed by atoms with Gasteiger partial charge in [0.15, 0.2) is 11.5 Å². The normalized spacial score (nSPS) is 14.6. The molecule has 0 aromatic heterocycles. The summed E-state index contributed by atoms with van der Waals surface area (Å²) < 4.78 is 10.9. The number of anilines is 1.